The number of sulfonamides is 1. The van der Waals surface area contributed by atoms with Crippen molar-refractivity contribution in [2.75, 3.05) is 12.4 Å². The van der Waals surface area contributed by atoms with E-state index in [1.54, 1.807) is 12.1 Å². The fraction of sp³-hybridized carbons (Fsp3) is 0.400. The van der Waals surface area contributed by atoms with Crippen LogP contribution in [0.5, 0.6) is 0 Å². The molecule has 0 aliphatic heterocycles. The predicted octanol–water partition coefficient (Wildman–Crippen LogP) is 3.40. The summed E-state index contributed by atoms with van der Waals surface area (Å²) in [7, 11) is -3.53. The van der Waals surface area contributed by atoms with Crippen molar-refractivity contribution in [2.24, 2.45) is 0 Å². The lowest BCUT2D eigenvalue weighted by molar-refractivity contribution is 0.578. The second-order valence-electron chi connectivity index (χ2n) is 3.37. The van der Waals surface area contributed by atoms with Crippen molar-refractivity contribution in [1.29, 1.82) is 0 Å². The predicted molar refractivity (Wildman–Crippen MR) is 74.3 cm³/mol. The van der Waals surface area contributed by atoms with Gasteiger partial charge in [0, 0.05) is 16.9 Å². The van der Waals surface area contributed by atoms with Crippen LogP contribution in [-0.2, 0) is 10.0 Å². The molecule has 0 aliphatic carbocycles. The zero-order valence-electron chi connectivity index (χ0n) is 8.92. The largest absolute Gasteiger partial charge is 0.242 e. The number of hydrogen-bond acceptors (Lipinski definition) is 2. The van der Waals surface area contributed by atoms with Gasteiger partial charge >= 0.3 is 0 Å². The highest BCUT2D eigenvalue weighted by molar-refractivity contribution is 9.10. The molecule has 17 heavy (non-hydrogen) atoms. The molecule has 0 fully saturated rings. The molecular weight excluding hydrogens is 349 g/mol. The Morgan fingerprint density at radius 1 is 1.29 bits per heavy atom. The topological polar surface area (TPSA) is 46.2 Å². The molecule has 0 atom stereocenters. The van der Waals surface area contributed by atoms with E-state index in [9.17, 15) is 8.42 Å². The van der Waals surface area contributed by atoms with Gasteiger partial charge in [-0.3, -0.25) is 0 Å². The molecule has 1 aromatic carbocycles. The maximum atomic E-state index is 11.9. The number of halogens is 3. The van der Waals surface area contributed by atoms with E-state index in [1.807, 2.05) is 0 Å². The molecule has 0 spiro atoms. The summed E-state index contributed by atoms with van der Waals surface area (Å²) >= 11 is 14.6. The Labute approximate surface area is 120 Å². The van der Waals surface area contributed by atoms with Gasteiger partial charge in [0.2, 0.25) is 10.0 Å². The minimum atomic E-state index is -3.53. The molecule has 0 bridgehead atoms. The van der Waals surface area contributed by atoms with Crippen LogP contribution in [0.25, 0.3) is 0 Å². The third-order valence-electron chi connectivity index (χ3n) is 2.04. The van der Waals surface area contributed by atoms with Crippen molar-refractivity contribution in [2.45, 2.75) is 17.7 Å². The van der Waals surface area contributed by atoms with Crippen LogP contribution in [0.1, 0.15) is 12.8 Å². The van der Waals surface area contributed by atoms with Crippen LogP contribution < -0.4 is 4.72 Å². The van der Waals surface area contributed by atoms with Gasteiger partial charge in [-0.2, -0.15) is 0 Å². The Morgan fingerprint density at radius 3 is 2.59 bits per heavy atom. The standard InChI is InChI=1S/C10H12BrCl2NO2S/c11-8-3-4-10(9(13)7-8)17(15,16)14-6-2-1-5-12/h3-4,7,14H,1-2,5-6H2. The van der Waals surface area contributed by atoms with E-state index < -0.39 is 10.0 Å². The number of benzene rings is 1. The lowest BCUT2D eigenvalue weighted by Crippen LogP contribution is -2.25. The van der Waals surface area contributed by atoms with Crippen LogP contribution in [0.4, 0.5) is 0 Å². The molecule has 0 heterocycles. The maximum Gasteiger partial charge on any atom is 0.242 e. The van der Waals surface area contributed by atoms with Crippen LogP contribution in [0.15, 0.2) is 27.6 Å². The van der Waals surface area contributed by atoms with Crippen molar-refractivity contribution in [1.82, 2.24) is 4.72 Å². The second-order valence-corrected chi connectivity index (χ2v) is 6.80. The average Bonchev–Trinajstić information content (AvgIpc) is 2.24. The summed E-state index contributed by atoms with van der Waals surface area (Å²) in [5.74, 6) is 0.529. The quantitative estimate of drug-likeness (QED) is 0.624. The first-order valence-corrected chi connectivity index (χ1v) is 8.17. The summed E-state index contributed by atoms with van der Waals surface area (Å²) in [5.41, 5.74) is 0. The fourth-order valence-corrected chi connectivity index (χ4v) is 3.50. The van der Waals surface area contributed by atoms with Gasteiger partial charge in [-0.1, -0.05) is 27.5 Å². The zero-order valence-corrected chi connectivity index (χ0v) is 12.8. The first-order chi connectivity index (χ1) is 7.97. The first kappa shape index (κ1) is 15.2. The molecule has 1 N–H and O–H groups in total. The average molecular weight is 361 g/mol. The SMILES string of the molecule is O=S(=O)(NCCCCCl)c1ccc(Br)cc1Cl. The van der Waals surface area contributed by atoms with Crippen LogP contribution in [0.3, 0.4) is 0 Å². The van der Waals surface area contributed by atoms with Crippen LogP contribution in [-0.4, -0.2) is 20.8 Å². The molecule has 0 aromatic heterocycles. The van der Waals surface area contributed by atoms with Gasteiger partial charge in [-0.05, 0) is 31.0 Å². The summed E-state index contributed by atoms with van der Waals surface area (Å²) < 4.78 is 27.0. The third-order valence-corrected chi connectivity index (χ3v) is 4.74. The summed E-state index contributed by atoms with van der Waals surface area (Å²) in [4.78, 5) is 0.0910. The molecule has 1 rings (SSSR count). The Bertz CT molecular complexity index is 479. The first-order valence-electron chi connectivity index (χ1n) is 4.98. The van der Waals surface area contributed by atoms with Crippen molar-refractivity contribution in [3.63, 3.8) is 0 Å². The van der Waals surface area contributed by atoms with E-state index in [2.05, 4.69) is 20.7 Å². The Kier molecular flexibility index (Phi) is 6.23. The monoisotopic (exact) mass is 359 g/mol. The maximum absolute atomic E-state index is 11.9. The van der Waals surface area contributed by atoms with Crippen molar-refractivity contribution in [3.05, 3.63) is 27.7 Å². The molecule has 0 radical (unpaired) electrons. The van der Waals surface area contributed by atoms with Gasteiger partial charge in [0.1, 0.15) is 4.90 Å². The van der Waals surface area contributed by atoms with Crippen LogP contribution in [0, 0.1) is 0 Å². The molecule has 0 unspecified atom stereocenters. The van der Waals surface area contributed by atoms with Gasteiger partial charge in [-0.15, -0.1) is 11.6 Å². The van der Waals surface area contributed by atoms with Crippen molar-refractivity contribution >= 4 is 49.2 Å². The van der Waals surface area contributed by atoms with Gasteiger partial charge in [-0.25, -0.2) is 13.1 Å². The van der Waals surface area contributed by atoms with Crippen molar-refractivity contribution in [3.8, 4) is 0 Å². The number of unbranched alkanes of at least 4 members (excludes halogenated alkanes) is 1. The molecule has 0 saturated heterocycles. The highest BCUT2D eigenvalue weighted by Gasteiger charge is 2.17. The lowest BCUT2D eigenvalue weighted by atomic mass is 10.3. The number of nitrogens with one attached hydrogen (secondary N) is 1. The molecule has 0 amide bonds. The number of alkyl halides is 1. The van der Waals surface area contributed by atoms with E-state index in [0.717, 1.165) is 10.9 Å². The molecule has 7 heteroatoms. The number of hydrogen-bond donors (Lipinski definition) is 1. The number of rotatable bonds is 6. The fourth-order valence-electron chi connectivity index (χ4n) is 1.20. The smallest absolute Gasteiger partial charge is 0.211 e. The summed E-state index contributed by atoms with van der Waals surface area (Å²) in [6.45, 7) is 0.363. The third kappa shape index (κ3) is 4.75. The van der Waals surface area contributed by atoms with Gasteiger partial charge in [0.05, 0.1) is 5.02 Å². The molecule has 3 nitrogen and oxygen atoms in total. The zero-order chi connectivity index (χ0) is 12.9. The summed E-state index contributed by atoms with van der Waals surface area (Å²) in [5, 5.41) is 0.198. The van der Waals surface area contributed by atoms with E-state index in [0.29, 0.717) is 18.8 Å². The highest BCUT2D eigenvalue weighted by Crippen LogP contribution is 2.24. The van der Waals surface area contributed by atoms with E-state index >= 15 is 0 Å². The van der Waals surface area contributed by atoms with E-state index in [1.165, 1.54) is 6.07 Å². The highest BCUT2D eigenvalue weighted by atomic mass is 79.9. The van der Waals surface area contributed by atoms with E-state index in [4.69, 9.17) is 23.2 Å². The Morgan fingerprint density at radius 2 is 2.00 bits per heavy atom. The summed E-state index contributed by atoms with van der Waals surface area (Å²) in [6.07, 6.45) is 1.48. The van der Waals surface area contributed by atoms with Gasteiger partial charge in [0.15, 0.2) is 0 Å². The van der Waals surface area contributed by atoms with Crippen LogP contribution >= 0.6 is 39.1 Å². The lowest BCUT2D eigenvalue weighted by Gasteiger charge is -2.08. The van der Waals surface area contributed by atoms with E-state index in [-0.39, 0.29) is 9.92 Å². The van der Waals surface area contributed by atoms with Crippen molar-refractivity contribution < 1.29 is 8.42 Å². The second kappa shape index (κ2) is 6.95. The Hall–Kier alpha value is 0.190. The van der Waals surface area contributed by atoms with Gasteiger partial charge in [0.25, 0.3) is 0 Å². The molecule has 96 valence electrons. The van der Waals surface area contributed by atoms with Gasteiger partial charge < -0.3 is 0 Å². The normalized spacial score (nSPS) is 11.7. The minimum Gasteiger partial charge on any atom is -0.211 e. The minimum absolute atomic E-state index is 0.0910. The molecule has 0 saturated carbocycles. The molecule has 1 aromatic rings. The van der Waals surface area contributed by atoms with Crippen LogP contribution in [0.2, 0.25) is 5.02 Å². The Balaban J connectivity index is 2.76. The molecule has 0 aliphatic rings. The summed E-state index contributed by atoms with van der Waals surface area (Å²) in [6, 6.07) is 4.66. The molecular formula is C10H12BrCl2NO2S.